The smallest absolute Gasteiger partial charge is 0.360 e. The molecule has 0 saturated carbocycles. The van der Waals surface area contributed by atoms with Crippen LogP contribution in [0.1, 0.15) is 110 Å². The van der Waals surface area contributed by atoms with Crippen molar-refractivity contribution < 1.29 is 14.4 Å². The molecule has 0 fully saturated rings. The van der Waals surface area contributed by atoms with Gasteiger partial charge in [0.05, 0.1) is 6.20 Å². The number of aliphatic carboxylic acids is 1. The average Bonchev–Trinajstić information content (AvgIpc) is 3.11. The summed E-state index contributed by atoms with van der Waals surface area (Å²) in [4.78, 5) is 15.7. The van der Waals surface area contributed by atoms with Gasteiger partial charge in [0.1, 0.15) is 12.7 Å². The first-order valence-corrected chi connectivity index (χ1v) is 12.8. The quantitative estimate of drug-likeness (QED) is 0.122. The molecule has 1 heterocycles. The second-order valence-corrected chi connectivity index (χ2v) is 8.98. The van der Waals surface area contributed by atoms with E-state index in [1.54, 1.807) is 6.20 Å². The van der Waals surface area contributed by atoms with Crippen molar-refractivity contribution in [3.63, 3.8) is 0 Å². The van der Waals surface area contributed by atoms with Gasteiger partial charge < -0.3 is 10.8 Å². The summed E-state index contributed by atoms with van der Waals surface area (Å²) in [7, 11) is 0. The van der Waals surface area contributed by atoms with Gasteiger partial charge in [-0.25, -0.2) is 14.3 Å². The van der Waals surface area contributed by atoms with Gasteiger partial charge in [-0.05, 0) is 32.1 Å². The maximum atomic E-state index is 11.3. The van der Waals surface area contributed by atoms with Crippen LogP contribution in [0.2, 0.25) is 0 Å². The number of nitrogens with two attached hydrogens (primary N) is 1. The Balaban J connectivity index is 1.99. The Labute approximate surface area is 191 Å². The number of allylic oxidation sites excluding steroid dienone is 2. The van der Waals surface area contributed by atoms with E-state index in [1.807, 2.05) is 6.20 Å². The lowest BCUT2D eigenvalue weighted by Gasteiger charge is -2.30. The zero-order valence-electron chi connectivity index (χ0n) is 20.1. The van der Waals surface area contributed by atoms with Gasteiger partial charge in [0.25, 0.3) is 0 Å². The second kappa shape index (κ2) is 18.1. The molecule has 0 aromatic rings. The van der Waals surface area contributed by atoms with Crippen LogP contribution in [-0.2, 0) is 4.79 Å². The molecule has 0 aromatic heterocycles. The summed E-state index contributed by atoms with van der Waals surface area (Å²) >= 11 is 0. The number of carboxylic acids is 1. The molecule has 1 unspecified atom stereocenters. The highest BCUT2D eigenvalue weighted by Crippen LogP contribution is 2.21. The van der Waals surface area contributed by atoms with Crippen LogP contribution >= 0.6 is 0 Å². The van der Waals surface area contributed by atoms with Gasteiger partial charge in [-0.1, -0.05) is 83.3 Å². The minimum atomic E-state index is -0.804. The van der Waals surface area contributed by atoms with Crippen molar-refractivity contribution in [2.75, 3.05) is 19.6 Å². The third kappa shape index (κ3) is 12.9. The maximum absolute atomic E-state index is 11.3. The number of amidine groups is 1. The number of hydrogen-bond acceptors (Lipinski definition) is 3. The summed E-state index contributed by atoms with van der Waals surface area (Å²) < 4.78 is 0.299. The minimum Gasteiger partial charge on any atom is -0.477 e. The first-order chi connectivity index (χ1) is 15.1. The zero-order valence-corrected chi connectivity index (χ0v) is 20.1. The number of carbonyl (C=O) groups is 1. The van der Waals surface area contributed by atoms with Gasteiger partial charge in [0, 0.05) is 13.0 Å². The predicted molar refractivity (Wildman–Crippen MR) is 132 cm³/mol. The van der Waals surface area contributed by atoms with Crippen LogP contribution < -0.4 is 5.73 Å². The van der Waals surface area contributed by atoms with Crippen molar-refractivity contribution in [3.05, 3.63) is 24.6 Å². The van der Waals surface area contributed by atoms with Crippen LogP contribution in [0.3, 0.4) is 0 Å². The third-order valence-corrected chi connectivity index (χ3v) is 6.20. The monoisotopic (exact) mass is 434 g/mol. The van der Waals surface area contributed by atoms with E-state index in [-0.39, 0.29) is 6.54 Å². The Morgan fingerprint density at radius 2 is 1.48 bits per heavy atom. The SMILES string of the molecule is CCCCCCCCCCC/C=C/CCCCCCC1=NC=C[N+]1(CCN)CC(=O)O. The second-order valence-electron chi connectivity index (χ2n) is 8.98. The van der Waals surface area contributed by atoms with Crippen molar-refractivity contribution in [1.82, 2.24) is 0 Å². The fourth-order valence-electron chi connectivity index (χ4n) is 4.34. The van der Waals surface area contributed by atoms with E-state index in [0.29, 0.717) is 17.6 Å². The van der Waals surface area contributed by atoms with Gasteiger partial charge in [-0.15, -0.1) is 0 Å². The van der Waals surface area contributed by atoms with Gasteiger partial charge in [-0.3, -0.25) is 0 Å². The highest BCUT2D eigenvalue weighted by molar-refractivity contribution is 5.81. The number of unbranched alkanes of at least 4 members (excludes halogenated alkanes) is 13. The highest BCUT2D eigenvalue weighted by atomic mass is 16.4. The summed E-state index contributed by atoms with van der Waals surface area (Å²) in [5.41, 5.74) is 5.72. The van der Waals surface area contributed by atoms with E-state index < -0.39 is 5.97 Å². The number of nitrogens with zero attached hydrogens (tertiary/aromatic N) is 2. The molecule has 1 rings (SSSR count). The molecule has 5 heteroatoms. The van der Waals surface area contributed by atoms with E-state index in [9.17, 15) is 9.90 Å². The summed E-state index contributed by atoms with van der Waals surface area (Å²) in [6, 6.07) is 0. The topological polar surface area (TPSA) is 75.7 Å². The van der Waals surface area contributed by atoms with Crippen LogP contribution in [-0.4, -0.2) is 41.0 Å². The van der Waals surface area contributed by atoms with E-state index in [1.165, 1.54) is 89.9 Å². The molecular formula is C26H48N3O2+. The number of quaternary nitrogens is 1. The number of carboxylic acid groups (broad SMARTS) is 1. The Morgan fingerprint density at radius 3 is 2.03 bits per heavy atom. The van der Waals surface area contributed by atoms with Crippen LogP contribution in [0, 0.1) is 0 Å². The van der Waals surface area contributed by atoms with Crippen LogP contribution in [0.5, 0.6) is 0 Å². The minimum absolute atomic E-state index is 0.0380. The van der Waals surface area contributed by atoms with Crippen molar-refractivity contribution >= 4 is 11.8 Å². The van der Waals surface area contributed by atoms with Crippen LogP contribution in [0.25, 0.3) is 0 Å². The van der Waals surface area contributed by atoms with Gasteiger partial charge in [0.2, 0.25) is 5.84 Å². The lowest BCUT2D eigenvalue weighted by molar-refractivity contribution is -0.778. The molecule has 0 spiro atoms. The predicted octanol–water partition coefficient (Wildman–Crippen LogP) is 6.55. The normalized spacial score (nSPS) is 18.2. The lowest BCUT2D eigenvalue weighted by atomic mass is 10.1. The van der Waals surface area contributed by atoms with Gasteiger partial charge in [-0.2, -0.15) is 0 Å². The van der Waals surface area contributed by atoms with Crippen LogP contribution in [0.4, 0.5) is 0 Å². The highest BCUT2D eigenvalue weighted by Gasteiger charge is 2.36. The lowest BCUT2D eigenvalue weighted by Crippen LogP contribution is -2.52. The number of aliphatic imine (C=N–C) groups is 1. The van der Waals surface area contributed by atoms with Crippen molar-refractivity contribution in [2.45, 2.75) is 110 Å². The van der Waals surface area contributed by atoms with E-state index in [2.05, 4.69) is 24.1 Å². The summed E-state index contributed by atoms with van der Waals surface area (Å²) in [6.07, 6.45) is 28.8. The molecule has 0 aliphatic carbocycles. The molecule has 178 valence electrons. The fourth-order valence-corrected chi connectivity index (χ4v) is 4.34. The largest absolute Gasteiger partial charge is 0.477 e. The number of rotatable bonds is 21. The van der Waals surface area contributed by atoms with Crippen LogP contribution in [0.15, 0.2) is 29.5 Å². The molecule has 0 saturated heterocycles. The Kier molecular flexibility index (Phi) is 16.1. The zero-order chi connectivity index (χ0) is 22.6. The molecule has 0 aromatic carbocycles. The van der Waals surface area contributed by atoms with Gasteiger partial charge >= 0.3 is 5.97 Å². The average molecular weight is 435 g/mol. The van der Waals surface area contributed by atoms with Crippen molar-refractivity contribution in [3.8, 4) is 0 Å². The number of hydrogen-bond donors (Lipinski definition) is 2. The molecule has 1 atom stereocenters. The van der Waals surface area contributed by atoms with E-state index in [4.69, 9.17) is 5.73 Å². The third-order valence-electron chi connectivity index (χ3n) is 6.20. The first-order valence-electron chi connectivity index (χ1n) is 12.8. The molecule has 0 radical (unpaired) electrons. The molecule has 1 aliphatic rings. The molecule has 1 aliphatic heterocycles. The van der Waals surface area contributed by atoms with Crippen molar-refractivity contribution in [1.29, 1.82) is 0 Å². The molecule has 3 N–H and O–H groups in total. The molecule has 0 bridgehead atoms. The first kappa shape index (κ1) is 27.6. The van der Waals surface area contributed by atoms with Gasteiger partial charge in [0.15, 0.2) is 6.54 Å². The standard InChI is InChI=1S/C26H47N3O2/c1-2-3-4-5-6-7-8-9-10-11-12-13-14-15-16-17-18-19-25-28-21-23-29(25,22-20-27)24-26(30)31/h12-13,21,23H,2-11,14-20,22,24,27H2,1H3/p+1/b13-12+. The molecule has 31 heavy (non-hydrogen) atoms. The van der Waals surface area contributed by atoms with Crippen molar-refractivity contribution in [2.24, 2.45) is 10.7 Å². The summed E-state index contributed by atoms with van der Waals surface area (Å²) in [5.74, 6) is 0.149. The maximum Gasteiger partial charge on any atom is 0.360 e. The van der Waals surface area contributed by atoms with E-state index in [0.717, 1.165) is 18.7 Å². The fraction of sp³-hybridized carbons (Fsp3) is 0.769. The summed E-state index contributed by atoms with van der Waals surface area (Å²) in [6.45, 7) is 3.38. The Morgan fingerprint density at radius 1 is 0.935 bits per heavy atom. The van der Waals surface area contributed by atoms with E-state index >= 15 is 0 Å². The Bertz CT molecular complexity index is 557. The molecule has 0 amide bonds. The summed E-state index contributed by atoms with van der Waals surface area (Å²) in [5, 5.41) is 9.25. The molecule has 5 nitrogen and oxygen atoms in total. The molecular weight excluding hydrogens is 386 g/mol. The Hall–Kier alpha value is -1.46.